The second-order valence-electron chi connectivity index (χ2n) is 14.9. The van der Waals surface area contributed by atoms with Gasteiger partial charge in [-0.25, -0.2) is 0 Å². The molecule has 0 saturated carbocycles. The van der Waals surface area contributed by atoms with Gasteiger partial charge in [-0.15, -0.1) is 0 Å². The van der Waals surface area contributed by atoms with Crippen LogP contribution in [0.5, 0.6) is 0 Å². The lowest BCUT2D eigenvalue weighted by Crippen LogP contribution is -1.92. The van der Waals surface area contributed by atoms with Crippen molar-refractivity contribution in [3.63, 3.8) is 0 Å². The Bertz CT molecular complexity index is 3230. The smallest absolute Gasteiger partial charge is 0.0541 e. The molecule has 57 heavy (non-hydrogen) atoms. The summed E-state index contributed by atoms with van der Waals surface area (Å²) in [5.74, 6) is 0. The first kappa shape index (κ1) is 32.9. The van der Waals surface area contributed by atoms with E-state index in [0.717, 1.165) is 0 Å². The Morgan fingerprint density at radius 1 is 0.211 bits per heavy atom. The van der Waals surface area contributed by atoms with E-state index in [0.29, 0.717) is 0 Å². The van der Waals surface area contributed by atoms with Crippen LogP contribution in [0.4, 0.5) is 0 Å². The average Bonchev–Trinajstić information content (AvgIpc) is 3.62. The summed E-state index contributed by atoms with van der Waals surface area (Å²) < 4.78 is 2.37. The van der Waals surface area contributed by atoms with E-state index in [4.69, 9.17) is 0 Å². The van der Waals surface area contributed by atoms with E-state index < -0.39 is 0 Å². The molecule has 1 heteroatoms. The van der Waals surface area contributed by atoms with Gasteiger partial charge in [-0.3, -0.25) is 0 Å². The number of rotatable bonds is 6. The SMILES string of the molecule is c1ccc(-c2c3ccccc3c(-c3ccccc3)c3cc(-c4ccc(-c5ccc(-c6ccc7c(c6)c6ccccc6n7-c6ccccc6)cc5)cc4)ccc23)cc1. The zero-order valence-electron chi connectivity index (χ0n) is 31.3. The molecule has 11 aromatic rings. The highest BCUT2D eigenvalue weighted by molar-refractivity contribution is 6.22. The summed E-state index contributed by atoms with van der Waals surface area (Å²) in [6, 6.07) is 81.8. The summed E-state index contributed by atoms with van der Waals surface area (Å²) in [6.45, 7) is 0. The van der Waals surface area contributed by atoms with Crippen LogP contribution in [0, 0.1) is 0 Å². The van der Waals surface area contributed by atoms with Crippen LogP contribution in [0.3, 0.4) is 0 Å². The van der Waals surface area contributed by atoms with E-state index in [9.17, 15) is 0 Å². The number of fused-ring (bicyclic) bond motifs is 5. The van der Waals surface area contributed by atoms with E-state index >= 15 is 0 Å². The van der Waals surface area contributed by atoms with Gasteiger partial charge in [-0.1, -0.05) is 188 Å². The Balaban J connectivity index is 0.953. The number of benzene rings is 10. The first-order valence-electron chi connectivity index (χ1n) is 19.7. The van der Waals surface area contributed by atoms with Crippen molar-refractivity contribution in [1.82, 2.24) is 4.57 Å². The maximum Gasteiger partial charge on any atom is 0.0541 e. The van der Waals surface area contributed by atoms with Crippen molar-refractivity contribution in [2.45, 2.75) is 0 Å². The molecule has 0 aliphatic carbocycles. The molecule has 0 radical (unpaired) electrons. The number of nitrogens with zero attached hydrogens (tertiary/aromatic N) is 1. The molecule has 0 saturated heterocycles. The van der Waals surface area contributed by atoms with Crippen LogP contribution in [0.2, 0.25) is 0 Å². The fraction of sp³-hybridized carbons (Fsp3) is 0. The molecule has 1 aromatic heterocycles. The molecule has 0 unspecified atom stereocenters. The lowest BCUT2D eigenvalue weighted by molar-refractivity contribution is 1.18. The number of hydrogen-bond donors (Lipinski definition) is 0. The minimum Gasteiger partial charge on any atom is -0.309 e. The highest BCUT2D eigenvalue weighted by Gasteiger charge is 2.18. The van der Waals surface area contributed by atoms with Crippen molar-refractivity contribution in [2.75, 3.05) is 0 Å². The Morgan fingerprint density at radius 2 is 0.579 bits per heavy atom. The van der Waals surface area contributed by atoms with Gasteiger partial charge in [-0.2, -0.15) is 0 Å². The largest absolute Gasteiger partial charge is 0.309 e. The lowest BCUT2D eigenvalue weighted by Gasteiger charge is -2.18. The summed E-state index contributed by atoms with van der Waals surface area (Å²) in [6.07, 6.45) is 0. The van der Waals surface area contributed by atoms with Crippen molar-refractivity contribution in [3.8, 4) is 61.3 Å². The van der Waals surface area contributed by atoms with Crippen LogP contribution in [0.1, 0.15) is 0 Å². The Labute approximate surface area is 332 Å². The predicted octanol–water partition coefficient (Wildman–Crippen LogP) is 15.4. The first-order chi connectivity index (χ1) is 28.3. The molecule has 1 heterocycles. The van der Waals surface area contributed by atoms with Crippen molar-refractivity contribution in [3.05, 3.63) is 224 Å². The highest BCUT2D eigenvalue weighted by Crippen LogP contribution is 2.45. The lowest BCUT2D eigenvalue weighted by atomic mass is 9.85. The fourth-order valence-electron chi connectivity index (χ4n) is 8.91. The van der Waals surface area contributed by atoms with Crippen molar-refractivity contribution >= 4 is 43.4 Å². The van der Waals surface area contributed by atoms with Crippen LogP contribution < -0.4 is 0 Å². The van der Waals surface area contributed by atoms with Crippen molar-refractivity contribution in [2.24, 2.45) is 0 Å². The summed E-state index contributed by atoms with van der Waals surface area (Å²) in [7, 11) is 0. The van der Waals surface area contributed by atoms with Gasteiger partial charge in [-0.05, 0) is 114 Å². The molecule has 0 N–H and O–H groups in total. The molecule has 1 nitrogen and oxygen atoms in total. The first-order valence-corrected chi connectivity index (χ1v) is 19.7. The summed E-state index contributed by atoms with van der Waals surface area (Å²) in [4.78, 5) is 0. The average molecular weight is 724 g/mol. The van der Waals surface area contributed by atoms with Crippen LogP contribution in [0.15, 0.2) is 224 Å². The van der Waals surface area contributed by atoms with E-state index in [-0.39, 0.29) is 0 Å². The van der Waals surface area contributed by atoms with E-state index in [2.05, 4.69) is 229 Å². The minimum absolute atomic E-state index is 1.18. The predicted molar refractivity (Wildman–Crippen MR) is 243 cm³/mol. The number of aromatic nitrogens is 1. The third-order valence-electron chi connectivity index (χ3n) is 11.6. The summed E-state index contributed by atoms with van der Waals surface area (Å²) in [5, 5.41) is 7.60. The van der Waals surface area contributed by atoms with E-state index in [1.54, 1.807) is 0 Å². The molecule has 0 bridgehead atoms. The molecular formula is C56H37N. The second-order valence-corrected chi connectivity index (χ2v) is 14.9. The summed E-state index contributed by atoms with van der Waals surface area (Å²) >= 11 is 0. The highest BCUT2D eigenvalue weighted by atomic mass is 15.0. The molecule has 10 aromatic carbocycles. The fourth-order valence-corrected chi connectivity index (χ4v) is 8.91. The van der Waals surface area contributed by atoms with Gasteiger partial charge < -0.3 is 4.57 Å². The normalized spacial score (nSPS) is 11.5. The Morgan fingerprint density at radius 3 is 1.14 bits per heavy atom. The monoisotopic (exact) mass is 723 g/mol. The van der Waals surface area contributed by atoms with Crippen LogP contribution >= 0.6 is 0 Å². The van der Waals surface area contributed by atoms with E-state index in [1.165, 1.54) is 105 Å². The van der Waals surface area contributed by atoms with Gasteiger partial charge in [0.15, 0.2) is 0 Å². The zero-order chi connectivity index (χ0) is 37.7. The third kappa shape index (κ3) is 5.63. The van der Waals surface area contributed by atoms with Gasteiger partial charge in [0.05, 0.1) is 11.0 Å². The standard InChI is InChI=1S/C56H37N/c1-4-14-42(15-5-1)55-48-21-10-11-22-49(48)56(43-16-6-2-7-17-43)52-37-44(32-34-50(52)55)40-28-24-38(25-29-40)39-26-30-41(31-27-39)45-33-35-54-51(36-45)47-20-12-13-23-53(47)57(54)46-18-8-3-9-19-46/h1-37H. The second kappa shape index (κ2) is 13.7. The van der Waals surface area contributed by atoms with Crippen LogP contribution in [0.25, 0.3) is 105 Å². The minimum atomic E-state index is 1.18. The molecular weight excluding hydrogens is 687 g/mol. The molecule has 11 rings (SSSR count). The molecule has 0 aliphatic heterocycles. The molecule has 0 spiro atoms. The maximum absolute atomic E-state index is 2.40. The van der Waals surface area contributed by atoms with Crippen LogP contribution in [-0.2, 0) is 0 Å². The van der Waals surface area contributed by atoms with Crippen molar-refractivity contribution < 1.29 is 0 Å². The van der Waals surface area contributed by atoms with E-state index in [1.807, 2.05) is 0 Å². The van der Waals surface area contributed by atoms with Gasteiger partial charge in [0, 0.05) is 16.5 Å². The quantitative estimate of drug-likeness (QED) is 0.151. The van der Waals surface area contributed by atoms with Gasteiger partial charge in [0.1, 0.15) is 0 Å². The van der Waals surface area contributed by atoms with Gasteiger partial charge in [0.25, 0.3) is 0 Å². The Hall–Kier alpha value is -7.48. The zero-order valence-corrected chi connectivity index (χ0v) is 31.3. The van der Waals surface area contributed by atoms with Gasteiger partial charge in [0.2, 0.25) is 0 Å². The van der Waals surface area contributed by atoms with Gasteiger partial charge >= 0.3 is 0 Å². The molecule has 266 valence electrons. The number of para-hydroxylation sites is 2. The molecule has 0 atom stereocenters. The molecule has 0 fully saturated rings. The van der Waals surface area contributed by atoms with Crippen molar-refractivity contribution in [1.29, 1.82) is 0 Å². The Kier molecular flexibility index (Phi) is 7.89. The molecule has 0 amide bonds. The topological polar surface area (TPSA) is 4.93 Å². The maximum atomic E-state index is 2.40. The van der Waals surface area contributed by atoms with Crippen LogP contribution in [-0.4, -0.2) is 4.57 Å². The summed E-state index contributed by atoms with van der Waals surface area (Å²) in [5.41, 5.74) is 15.9. The third-order valence-corrected chi connectivity index (χ3v) is 11.6. The molecule has 0 aliphatic rings. The number of hydrogen-bond acceptors (Lipinski definition) is 0.